The van der Waals surface area contributed by atoms with Crippen LogP contribution >= 0.6 is 0 Å². The second-order valence-electron chi connectivity index (χ2n) is 9.84. The molecule has 0 bridgehead atoms. The first kappa shape index (κ1) is 25.1. The highest BCUT2D eigenvalue weighted by molar-refractivity contribution is 6.11. The van der Waals surface area contributed by atoms with Crippen molar-refractivity contribution in [1.29, 1.82) is 0 Å². The minimum Gasteiger partial charge on any atom is -0.459 e. The minimum atomic E-state index is -1.62. The molecule has 0 saturated carbocycles. The van der Waals surface area contributed by atoms with Gasteiger partial charge in [0.25, 0.3) is 0 Å². The number of carbonyl (C=O) groups excluding carboxylic acids is 5. The molecule has 2 aromatic rings. The molecular formula is C27H28N2O7. The standard InChI is InChI=1S/C27H28N2O7/c1-27(2,3)23(31)22(25(33)35-15-17-10-6-4-7-11-17)28-19(14-30)21(24(28)32)29-20(16-36-26(29)34)18-12-8-5-9-13-18/h4-14,19-22H,15-16H2,1-3H3/t19-,20-,21+,22?/m1/s1. The van der Waals surface area contributed by atoms with Gasteiger partial charge >= 0.3 is 12.1 Å². The van der Waals surface area contributed by atoms with Gasteiger partial charge in [-0.3, -0.25) is 14.5 Å². The van der Waals surface area contributed by atoms with Crippen LogP contribution in [0.5, 0.6) is 0 Å². The highest BCUT2D eigenvalue weighted by Gasteiger charge is 2.61. The van der Waals surface area contributed by atoms with E-state index in [0.717, 1.165) is 10.5 Å². The number of aldehydes is 1. The van der Waals surface area contributed by atoms with Crippen molar-refractivity contribution in [2.75, 3.05) is 6.61 Å². The summed E-state index contributed by atoms with van der Waals surface area (Å²) in [6, 6.07) is 13.3. The molecular weight excluding hydrogens is 464 g/mol. The van der Waals surface area contributed by atoms with Crippen molar-refractivity contribution < 1.29 is 33.4 Å². The summed E-state index contributed by atoms with van der Waals surface area (Å²) in [5.41, 5.74) is 0.441. The highest BCUT2D eigenvalue weighted by atomic mass is 16.6. The molecule has 2 amide bonds. The van der Waals surface area contributed by atoms with Gasteiger partial charge in [-0.2, -0.15) is 0 Å². The van der Waals surface area contributed by atoms with Crippen molar-refractivity contribution in [1.82, 2.24) is 9.80 Å². The van der Waals surface area contributed by atoms with E-state index in [2.05, 4.69) is 0 Å². The third-order valence-electron chi connectivity index (χ3n) is 6.40. The van der Waals surface area contributed by atoms with Gasteiger partial charge in [0.15, 0.2) is 11.8 Å². The van der Waals surface area contributed by atoms with Gasteiger partial charge in [-0.25, -0.2) is 9.59 Å². The third-order valence-corrected chi connectivity index (χ3v) is 6.40. The lowest BCUT2D eigenvalue weighted by molar-refractivity contribution is -0.178. The number of benzene rings is 2. The maximum atomic E-state index is 13.4. The summed E-state index contributed by atoms with van der Waals surface area (Å²) in [5, 5.41) is 0. The Kier molecular flexibility index (Phi) is 6.92. The summed E-state index contributed by atoms with van der Waals surface area (Å²) in [5.74, 6) is -2.19. The lowest BCUT2D eigenvalue weighted by atomic mass is 9.82. The van der Waals surface area contributed by atoms with Gasteiger partial charge in [0.2, 0.25) is 5.91 Å². The number of ether oxygens (including phenoxy) is 2. The SMILES string of the molecule is CC(C)(C)C(=O)C(C(=O)OCc1ccccc1)N1C(=O)[C@@H](N2C(=O)OC[C@@H]2c2ccccc2)[C@H]1C=O. The lowest BCUT2D eigenvalue weighted by Gasteiger charge is -2.50. The summed E-state index contributed by atoms with van der Waals surface area (Å²) < 4.78 is 10.6. The fraction of sp³-hybridized carbons (Fsp3) is 0.370. The molecule has 2 fully saturated rings. The van der Waals surface area contributed by atoms with Crippen molar-refractivity contribution >= 4 is 30.0 Å². The van der Waals surface area contributed by atoms with E-state index in [1.165, 1.54) is 4.90 Å². The molecule has 2 aromatic carbocycles. The van der Waals surface area contributed by atoms with Crippen LogP contribution in [0.4, 0.5) is 4.79 Å². The van der Waals surface area contributed by atoms with Crippen molar-refractivity contribution in [3.63, 3.8) is 0 Å². The molecule has 0 spiro atoms. The van der Waals surface area contributed by atoms with Crippen LogP contribution in [-0.4, -0.2) is 64.6 Å². The number of cyclic esters (lactones) is 1. The Morgan fingerprint density at radius 2 is 1.67 bits per heavy atom. The number of esters is 1. The molecule has 2 heterocycles. The molecule has 0 N–H and O–H groups in total. The largest absolute Gasteiger partial charge is 0.459 e. The number of hydrogen-bond acceptors (Lipinski definition) is 7. The zero-order chi connectivity index (χ0) is 26.0. The Bertz CT molecular complexity index is 1160. The maximum absolute atomic E-state index is 13.4. The van der Waals surface area contributed by atoms with E-state index in [4.69, 9.17) is 9.47 Å². The van der Waals surface area contributed by atoms with Gasteiger partial charge in [0.1, 0.15) is 31.6 Å². The summed E-state index contributed by atoms with van der Waals surface area (Å²) in [7, 11) is 0. The van der Waals surface area contributed by atoms with Crippen LogP contribution in [0.3, 0.4) is 0 Å². The average molecular weight is 493 g/mol. The second kappa shape index (κ2) is 9.93. The summed E-state index contributed by atoms with van der Waals surface area (Å²) in [6.07, 6.45) is -0.258. The summed E-state index contributed by atoms with van der Waals surface area (Å²) >= 11 is 0. The van der Waals surface area contributed by atoms with Crippen LogP contribution in [0.1, 0.15) is 37.9 Å². The number of amides is 2. The number of carbonyl (C=O) groups is 5. The third kappa shape index (κ3) is 4.60. The van der Waals surface area contributed by atoms with Crippen LogP contribution in [0, 0.1) is 5.41 Å². The number of rotatable bonds is 8. The molecule has 0 aliphatic carbocycles. The lowest BCUT2D eigenvalue weighted by Crippen LogP contribution is -2.76. The maximum Gasteiger partial charge on any atom is 0.411 e. The normalized spacial score (nSPS) is 22.5. The van der Waals surface area contributed by atoms with Crippen molar-refractivity contribution in [2.45, 2.75) is 51.5 Å². The average Bonchev–Trinajstić information content (AvgIpc) is 3.24. The second-order valence-corrected chi connectivity index (χ2v) is 9.84. The van der Waals surface area contributed by atoms with Gasteiger partial charge in [-0.1, -0.05) is 81.4 Å². The molecule has 9 heteroatoms. The van der Waals surface area contributed by atoms with Crippen molar-refractivity contribution in [3.05, 3.63) is 71.8 Å². The minimum absolute atomic E-state index is 0.0155. The molecule has 2 aliphatic rings. The van der Waals surface area contributed by atoms with Crippen LogP contribution in [0.25, 0.3) is 0 Å². The molecule has 4 rings (SSSR count). The molecule has 2 saturated heterocycles. The number of nitrogens with zero attached hydrogens (tertiary/aromatic N) is 2. The van der Waals surface area contributed by atoms with E-state index in [9.17, 15) is 24.0 Å². The van der Waals surface area contributed by atoms with Crippen molar-refractivity contribution in [2.24, 2.45) is 5.41 Å². The number of hydrogen-bond donors (Lipinski definition) is 0. The number of β-lactam (4-membered cyclic amide) rings is 1. The van der Waals surface area contributed by atoms with Gasteiger partial charge in [-0.05, 0) is 11.1 Å². The smallest absolute Gasteiger partial charge is 0.411 e. The molecule has 188 valence electrons. The Morgan fingerprint density at radius 3 is 2.25 bits per heavy atom. The van der Waals surface area contributed by atoms with E-state index in [0.29, 0.717) is 11.8 Å². The topological polar surface area (TPSA) is 110 Å². The Balaban J connectivity index is 1.61. The van der Waals surface area contributed by atoms with E-state index in [-0.39, 0.29) is 13.2 Å². The first-order valence-electron chi connectivity index (χ1n) is 11.7. The van der Waals surface area contributed by atoms with Crippen LogP contribution in [0.15, 0.2) is 60.7 Å². The molecule has 1 unspecified atom stereocenters. The van der Waals surface area contributed by atoms with Crippen LogP contribution in [-0.2, 0) is 35.3 Å². The predicted molar refractivity (Wildman–Crippen MR) is 127 cm³/mol. The highest BCUT2D eigenvalue weighted by Crippen LogP contribution is 2.38. The molecule has 4 atom stereocenters. The van der Waals surface area contributed by atoms with E-state index in [1.54, 1.807) is 69.3 Å². The molecule has 0 radical (unpaired) electrons. The van der Waals surface area contributed by atoms with E-state index < -0.39 is 53.3 Å². The fourth-order valence-electron chi connectivity index (χ4n) is 4.48. The van der Waals surface area contributed by atoms with Gasteiger partial charge in [-0.15, -0.1) is 0 Å². The Morgan fingerprint density at radius 1 is 1.06 bits per heavy atom. The predicted octanol–water partition coefficient (Wildman–Crippen LogP) is 2.69. The summed E-state index contributed by atoms with van der Waals surface area (Å²) in [6.45, 7) is 4.77. The van der Waals surface area contributed by atoms with Gasteiger partial charge in [0, 0.05) is 5.41 Å². The number of ketones is 1. The first-order valence-corrected chi connectivity index (χ1v) is 11.7. The fourth-order valence-corrected chi connectivity index (χ4v) is 4.48. The van der Waals surface area contributed by atoms with Crippen molar-refractivity contribution in [3.8, 4) is 0 Å². The molecule has 36 heavy (non-hydrogen) atoms. The van der Waals surface area contributed by atoms with Gasteiger partial charge in [0.05, 0.1) is 6.04 Å². The Labute approximate surface area is 209 Å². The molecule has 9 nitrogen and oxygen atoms in total. The number of Topliss-reactive ketones (excluding diaryl/α,β-unsaturated/α-hetero) is 1. The monoisotopic (exact) mass is 492 g/mol. The van der Waals surface area contributed by atoms with E-state index in [1.807, 2.05) is 12.1 Å². The first-order chi connectivity index (χ1) is 17.1. The van der Waals surface area contributed by atoms with E-state index >= 15 is 0 Å². The van der Waals surface area contributed by atoms with Crippen LogP contribution < -0.4 is 0 Å². The summed E-state index contributed by atoms with van der Waals surface area (Å²) in [4.78, 5) is 66.9. The number of likely N-dealkylation sites (tertiary alicyclic amines) is 1. The van der Waals surface area contributed by atoms with Gasteiger partial charge < -0.3 is 19.2 Å². The molecule has 2 aliphatic heterocycles. The zero-order valence-corrected chi connectivity index (χ0v) is 20.3. The quantitative estimate of drug-likeness (QED) is 0.241. The molecule has 0 aromatic heterocycles. The zero-order valence-electron chi connectivity index (χ0n) is 20.3. The van der Waals surface area contributed by atoms with Crippen LogP contribution in [0.2, 0.25) is 0 Å². The Hall–Kier alpha value is -4.01.